The quantitative estimate of drug-likeness (QED) is 0.812. The Morgan fingerprint density at radius 2 is 2.04 bits per heavy atom. The van der Waals surface area contributed by atoms with Crippen LogP contribution in [-0.4, -0.2) is 24.5 Å². The second-order valence-electron chi connectivity index (χ2n) is 6.60. The lowest BCUT2D eigenvalue weighted by Gasteiger charge is -2.18. The lowest BCUT2D eigenvalue weighted by molar-refractivity contribution is -0.123. The van der Waals surface area contributed by atoms with Crippen LogP contribution in [-0.2, 0) is 16.0 Å². The van der Waals surface area contributed by atoms with Gasteiger partial charge in [0.15, 0.2) is 6.61 Å². The highest BCUT2D eigenvalue weighted by Gasteiger charge is 2.15. The zero-order chi connectivity index (χ0) is 16.8. The molecule has 2 rings (SSSR count). The van der Waals surface area contributed by atoms with Crippen LogP contribution in [0.3, 0.4) is 0 Å². The van der Waals surface area contributed by atoms with Crippen molar-refractivity contribution >= 4 is 17.5 Å². The lowest BCUT2D eigenvalue weighted by Crippen LogP contribution is -2.36. The van der Waals surface area contributed by atoms with E-state index >= 15 is 0 Å². The first-order chi connectivity index (χ1) is 10.9. The van der Waals surface area contributed by atoms with E-state index < -0.39 is 0 Å². The Morgan fingerprint density at radius 1 is 1.26 bits per heavy atom. The van der Waals surface area contributed by atoms with E-state index in [1.54, 1.807) is 6.07 Å². The van der Waals surface area contributed by atoms with Crippen molar-refractivity contribution in [2.75, 3.05) is 11.9 Å². The van der Waals surface area contributed by atoms with Crippen molar-refractivity contribution in [3.8, 4) is 5.75 Å². The molecule has 2 N–H and O–H groups in total. The average Bonchev–Trinajstić information content (AvgIpc) is 2.51. The minimum absolute atomic E-state index is 0.0111. The monoisotopic (exact) mass is 318 g/mol. The minimum atomic E-state index is -0.104. The molecule has 0 bridgehead atoms. The fraction of sp³-hybridized carbons (Fsp3) is 0.556. The number of hydrogen-bond acceptors (Lipinski definition) is 3. The molecule has 1 heterocycles. The lowest BCUT2D eigenvalue weighted by atomic mass is 10.0. The number of aryl methyl sites for hydroxylation is 1. The van der Waals surface area contributed by atoms with Crippen LogP contribution in [0.1, 0.15) is 45.6 Å². The van der Waals surface area contributed by atoms with Crippen LogP contribution in [0.2, 0.25) is 0 Å². The van der Waals surface area contributed by atoms with Crippen molar-refractivity contribution in [1.82, 2.24) is 5.32 Å². The number of anilines is 1. The normalized spacial score (nSPS) is 14.9. The molecule has 0 aromatic heterocycles. The highest BCUT2D eigenvalue weighted by Crippen LogP contribution is 2.26. The third kappa shape index (κ3) is 5.58. The largest absolute Gasteiger partial charge is 0.484 e. The van der Waals surface area contributed by atoms with Gasteiger partial charge in [0.2, 0.25) is 5.91 Å². The summed E-state index contributed by atoms with van der Waals surface area (Å²) in [6, 6.07) is 5.65. The Bertz CT molecular complexity index is 569. The van der Waals surface area contributed by atoms with Crippen LogP contribution >= 0.6 is 0 Å². The fourth-order valence-corrected chi connectivity index (χ4v) is 2.57. The molecule has 5 nitrogen and oxygen atoms in total. The van der Waals surface area contributed by atoms with Crippen molar-refractivity contribution in [3.05, 3.63) is 23.8 Å². The van der Waals surface area contributed by atoms with E-state index in [1.807, 2.05) is 19.1 Å². The van der Waals surface area contributed by atoms with Gasteiger partial charge >= 0.3 is 0 Å². The Balaban J connectivity index is 1.79. The molecule has 1 unspecified atom stereocenters. The molecule has 0 aliphatic carbocycles. The van der Waals surface area contributed by atoms with Gasteiger partial charge in [-0.2, -0.15) is 0 Å². The number of fused-ring (bicyclic) bond motifs is 1. The van der Waals surface area contributed by atoms with Crippen molar-refractivity contribution in [2.45, 2.75) is 52.5 Å². The predicted molar refractivity (Wildman–Crippen MR) is 90.6 cm³/mol. The van der Waals surface area contributed by atoms with Gasteiger partial charge in [0.25, 0.3) is 5.91 Å². The van der Waals surface area contributed by atoms with Gasteiger partial charge in [-0.25, -0.2) is 0 Å². The summed E-state index contributed by atoms with van der Waals surface area (Å²) in [6.07, 6.45) is 3.27. The summed E-state index contributed by atoms with van der Waals surface area (Å²) in [5.41, 5.74) is 1.88. The number of ether oxygens (including phenoxy) is 1. The van der Waals surface area contributed by atoms with Crippen LogP contribution in [0.5, 0.6) is 5.75 Å². The number of carbonyl (C=O) groups excluding carboxylic acids is 2. The summed E-state index contributed by atoms with van der Waals surface area (Å²) in [4.78, 5) is 23.2. The molecule has 0 fully saturated rings. The summed E-state index contributed by atoms with van der Waals surface area (Å²) in [5.74, 6) is 1.24. The number of amides is 2. The van der Waals surface area contributed by atoms with Gasteiger partial charge in [0.1, 0.15) is 5.75 Å². The SMILES string of the molecule is CC(C)CCC(C)NC(=O)COc1ccc2c(c1)CCC(=O)N2. The smallest absolute Gasteiger partial charge is 0.258 e. The standard InChI is InChI=1S/C18H26N2O3/c1-12(2)4-5-13(3)19-18(22)11-23-15-7-8-16-14(10-15)6-9-17(21)20-16/h7-8,10,12-13H,4-6,9,11H2,1-3H3,(H,19,22)(H,20,21). The topological polar surface area (TPSA) is 67.4 Å². The van der Waals surface area contributed by atoms with Gasteiger partial charge in [-0.1, -0.05) is 13.8 Å². The van der Waals surface area contributed by atoms with E-state index in [2.05, 4.69) is 24.5 Å². The second kappa shape index (κ2) is 7.99. The molecule has 0 spiro atoms. The molecule has 23 heavy (non-hydrogen) atoms. The molecule has 0 radical (unpaired) electrons. The zero-order valence-electron chi connectivity index (χ0n) is 14.1. The van der Waals surface area contributed by atoms with E-state index in [4.69, 9.17) is 4.74 Å². The van der Waals surface area contributed by atoms with Crippen LogP contribution in [0.15, 0.2) is 18.2 Å². The predicted octanol–water partition coefficient (Wildman–Crippen LogP) is 2.89. The minimum Gasteiger partial charge on any atom is -0.484 e. The molecule has 126 valence electrons. The first-order valence-electron chi connectivity index (χ1n) is 8.29. The molecular formula is C18H26N2O3. The average molecular weight is 318 g/mol. The first kappa shape index (κ1) is 17.3. The third-order valence-corrected chi connectivity index (χ3v) is 3.93. The molecule has 0 saturated carbocycles. The van der Waals surface area contributed by atoms with Gasteiger partial charge in [-0.15, -0.1) is 0 Å². The van der Waals surface area contributed by atoms with Crippen molar-refractivity contribution < 1.29 is 14.3 Å². The van der Waals surface area contributed by atoms with E-state index in [0.717, 1.165) is 24.1 Å². The van der Waals surface area contributed by atoms with Gasteiger partial charge in [-0.3, -0.25) is 9.59 Å². The molecule has 1 aliphatic rings. The van der Waals surface area contributed by atoms with E-state index in [9.17, 15) is 9.59 Å². The molecule has 1 atom stereocenters. The molecule has 1 aliphatic heterocycles. The highest BCUT2D eigenvalue weighted by molar-refractivity contribution is 5.94. The maximum Gasteiger partial charge on any atom is 0.258 e. The van der Waals surface area contributed by atoms with Gasteiger partial charge in [-0.05, 0) is 55.9 Å². The molecule has 5 heteroatoms. The van der Waals surface area contributed by atoms with Gasteiger partial charge < -0.3 is 15.4 Å². The molecule has 1 aromatic rings. The van der Waals surface area contributed by atoms with E-state index in [-0.39, 0.29) is 24.5 Å². The fourth-order valence-electron chi connectivity index (χ4n) is 2.57. The number of carbonyl (C=O) groups is 2. The van der Waals surface area contributed by atoms with Crippen molar-refractivity contribution in [3.63, 3.8) is 0 Å². The van der Waals surface area contributed by atoms with Crippen molar-refractivity contribution in [2.24, 2.45) is 5.92 Å². The summed E-state index contributed by atoms with van der Waals surface area (Å²) < 4.78 is 5.56. The van der Waals surface area contributed by atoms with E-state index in [0.29, 0.717) is 24.5 Å². The number of benzene rings is 1. The Morgan fingerprint density at radius 3 is 2.78 bits per heavy atom. The maximum atomic E-state index is 11.9. The highest BCUT2D eigenvalue weighted by atomic mass is 16.5. The van der Waals surface area contributed by atoms with Gasteiger partial charge in [0, 0.05) is 18.2 Å². The number of nitrogens with one attached hydrogen (secondary N) is 2. The zero-order valence-corrected chi connectivity index (χ0v) is 14.1. The van der Waals surface area contributed by atoms with Crippen LogP contribution in [0.25, 0.3) is 0 Å². The summed E-state index contributed by atoms with van der Waals surface area (Å²) in [6.45, 7) is 6.38. The van der Waals surface area contributed by atoms with Crippen LogP contribution in [0, 0.1) is 5.92 Å². The van der Waals surface area contributed by atoms with Gasteiger partial charge in [0.05, 0.1) is 0 Å². The number of rotatable bonds is 7. The summed E-state index contributed by atoms with van der Waals surface area (Å²) in [7, 11) is 0. The molecule has 1 aromatic carbocycles. The second-order valence-corrected chi connectivity index (χ2v) is 6.60. The third-order valence-electron chi connectivity index (χ3n) is 3.93. The van der Waals surface area contributed by atoms with Crippen LogP contribution in [0.4, 0.5) is 5.69 Å². The molecule has 2 amide bonds. The Hall–Kier alpha value is -2.04. The van der Waals surface area contributed by atoms with Crippen LogP contribution < -0.4 is 15.4 Å². The molecular weight excluding hydrogens is 292 g/mol. The summed E-state index contributed by atoms with van der Waals surface area (Å²) in [5, 5.41) is 5.78. The summed E-state index contributed by atoms with van der Waals surface area (Å²) >= 11 is 0. The van der Waals surface area contributed by atoms with E-state index in [1.165, 1.54) is 0 Å². The van der Waals surface area contributed by atoms with Crippen molar-refractivity contribution in [1.29, 1.82) is 0 Å². The Kier molecular flexibility index (Phi) is 6.02. The molecule has 0 saturated heterocycles. The Labute approximate surface area is 137 Å². The maximum absolute atomic E-state index is 11.9. The first-order valence-corrected chi connectivity index (χ1v) is 8.29. The number of hydrogen-bond donors (Lipinski definition) is 2.